The van der Waals surface area contributed by atoms with E-state index in [9.17, 15) is 4.79 Å². The number of benzene rings is 2. The van der Waals surface area contributed by atoms with Crippen molar-refractivity contribution >= 4 is 5.97 Å². The van der Waals surface area contributed by atoms with E-state index in [1.54, 1.807) is 19.2 Å². The molecule has 2 rings (SSSR count). The average molecular weight is 354 g/mol. The molecule has 0 N–H and O–H groups in total. The first-order chi connectivity index (χ1) is 11.9. The highest BCUT2D eigenvalue weighted by Crippen LogP contribution is 2.41. The lowest BCUT2D eigenvalue weighted by atomic mass is 9.78. The zero-order valence-corrected chi connectivity index (χ0v) is 17.2. The normalized spacial score (nSPS) is 12.0. The number of methoxy groups -OCH3 is 1. The summed E-state index contributed by atoms with van der Waals surface area (Å²) in [5.41, 5.74) is 3.36. The van der Waals surface area contributed by atoms with Crippen LogP contribution in [0.2, 0.25) is 0 Å². The molecule has 0 saturated carbocycles. The van der Waals surface area contributed by atoms with E-state index < -0.39 is 5.97 Å². The van der Waals surface area contributed by atoms with Crippen LogP contribution >= 0.6 is 0 Å². The van der Waals surface area contributed by atoms with Gasteiger partial charge in [-0.3, -0.25) is 0 Å². The first-order valence-corrected chi connectivity index (χ1v) is 8.96. The van der Waals surface area contributed by atoms with Gasteiger partial charge in [-0.15, -0.1) is 0 Å². The molecular weight excluding hydrogens is 324 g/mol. The molecule has 2 aromatic rings. The summed E-state index contributed by atoms with van der Waals surface area (Å²) in [6.45, 7) is 14.9. The summed E-state index contributed by atoms with van der Waals surface area (Å²) in [6.07, 6.45) is 0. The van der Waals surface area contributed by atoms with Gasteiger partial charge in [0.25, 0.3) is 0 Å². The van der Waals surface area contributed by atoms with Crippen molar-refractivity contribution in [3.8, 4) is 11.5 Å². The number of carbonyl (C=O) groups excluding carboxylic acids is 1. The first-order valence-electron chi connectivity index (χ1n) is 8.96. The number of ether oxygens (including phenoxy) is 2. The molecule has 2 aromatic carbocycles. The summed E-state index contributed by atoms with van der Waals surface area (Å²) in [6, 6.07) is 11.4. The zero-order valence-electron chi connectivity index (χ0n) is 17.2. The Morgan fingerprint density at radius 3 is 1.85 bits per heavy atom. The number of hydrogen-bond donors (Lipinski definition) is 0. The van der Waals surface area contributed by atoms with Gasteiger partial charge in [-0.2, -0.15) is 0 Å². The zero-order chi connectivity index (χ0) is 19.7. The predicted octanol–water partition coefficient (Wildman–Crippen LogP) is 5.82. The number of esters is 1. The van der Waals surface area contributed by atoms with Crippen LogP contribution < -0.4 is 9.47 Å². The van der Waals surface area contributed by atoms with Crippen LogP contribution in [0.3, 0.4) is 0 Å². The number of aryl methyl sites for hydroxylation is 1. The van der Waals surface area contributed by atoms with E-state index >= 15 is 0 Å². The SMILES string of the molecule is COc1ccccc1C(=O)Oc1c(C(C)(C)C)cc(C)cc1C(C)(C)C. The lowest BCUT2D eigenvalue weighted by Crippen LogP contribution is -2.22. The van der Waals surface area contributed by atoms with Crippen LogP contribution in [0.25, 0.3) is 0 Å². The maximum absolute atomic E-state index is 12.9. The van der Waals surface area contributed by atoms with Crippen molar-refractivity contribution in [3.05, 3.63) is 58.7 Å². The number of carbonyl (C=O) groups is 1. The molecule has 0 aliphatic rings. The quantitative estimate of drug-likeness (QED) is 0.515. The molecule has 0 fully saturated rings. The Hall–Kier alpha value is -2.29. The molecule has 3 nitrogen and oxygen atoms in total. The van der Waals surface area contributed by atoms with Gasteiger partial charge in [0.2, 0.25) is 0 Å². The predicted molar refractivity (Wildman–Crippen MR) is 107 cm³/mol. The molecule has 0 amide bonds. The fourth-order valence-electron chi connectivity index (χ4n) is 2.96. The summed E-state index contributed by atoms with van der Waals surface area (Å²) in [5, 5.41) is 0. The fourth-order valence-corrected chi connectivity index (χ4v) is 2.96. The second-order valence-electron chi connectivity index (χ2n) is 8.78. The van der Waals surface area contributed by atoms with Crippen molar-refractivity contribution in [2.75, 3.05) is 7.11 Å². The summed E-state index contributed by atoms with van der Waals surface area (Å²) in [5.74, 6) is 0.771. The average Bonchev–Trinajstić information content (AvgIpc) is 2.54. The molecule has 0 spiro atoms. The van der Waals surface area contributed by atoms with Gasteiger partial charge >= 0.3 is 5.97 Å². The van der Waals surface area contributed by atoms with Crippen molar-refractivity contribution in [1.29, 1.82) is 0 Å². The number of para-hydroxylation sites is 1. The number of hydrogen-bond acceptors (Lipinski definition) is 3. The Morgan fingerprint density at radius 1 is 0.885 bits per heavy atom. The molecular formula is C23H30O3. The van der Waals surface area contributed by atoms with Crippen molar-refractivity contribution < 1.29 is 14.3 Å². The largest absolute Gasteiger partial charge is 0.496 e. The van der Waals surface area contributed by atoms with Crippen LogP contribution in [-0.2, 0) is 10.8 Å². The van der Waals surface area contributed by atoms with Crippen LogP contribution in [0.5, 0.6) is 11.5 Å². The van der Waals surface area contributed by atoms with Gasteiger partial charge < -0.3 is 9.47 Å². The molecule has 0 heterocycles. The third kappa shape index (κ3) is 4.27. The van der Waals surface area contributed by atoms with Crippen LogP contribution in [0, 0.1) is 6.92 Å². The maximum atomic E-state index is 12.9. The Morgan fingerprint density at radius 2 is 1.38 bits per heavy atom. The standard InChI is InChI=1S/C23H30O3/c1-15-13-17(22(2,3)4)20(18(14-15)23(5,6)7)26-21(24)16-11-9-10-12-19(16)25-8/h9-14H,1-8H3. The highest BCUT2D eigenvalue weighted by molar-refractivity contribution is 5.94. The van der Waals surface area contributed by atoms with E-state index in [4.69, 9.17) is 9.47 Å². The molecule has 26 heavy (non-hydrogen) atoms. The molecule has 0 aliphatic heterocycles. The van der Waals surface area contributed by atoms with Gasteiger partial charge in [0.15, 0.2) is 0 Å². The lowest BCUT2D eigenvalue weighted by molar-refractivity contribution is 0.0725. The summed E-state index contributed by atoms with van der Waals surface area (Å²) in [7, 11) is 1.55. The van der Waals surface area contributed by atoms with Crippen LogP contribution in [0.15, 0.2) is 36.4 Å². The summed E-state index contributed by atoms with van der Waals surface area (Å²) < 4.78 is 11.3. The van der Waals surface area contributed by atoms with Gasteiger partial charge in [0, 0.05) is 11.1 Å². The summed E-state index contributed by atoms with van der Waals surface area (Å²) >= 11 is 0. The summed E-state index contributed by atoms with van der Waals surface area (Å²) in [4.78, 5) is 12.9. The number of rotatable bonds is 3. The first kappa shape index (κ1) is 20.0. The maximum Gasteiger partial charge on any atom is 0.347 e. The van der Waals surface area contributed by atoms with Gasteiger partial charge in [-0.1, -0.05) is 71.4 Å². The molecule has 0 aliphatic carbocycles. The molecule has 0 radical (unpaired) electrons. The van der Waals surface area contributed by atoms with Gasteiger partial charge in [-0.05, 0) is 29.9 Å². The molecule has 0 bridgehead atoms. The fraction of sp³-hybridized carbons (Fsp3) is 0.435. The van der Waals surface area contributed by atoms with E-state index in [-0.39, 0.29) is 10.8 Å². The van der Waals surface area contributed by atoms with Gasteiger partial charge in [0.05, 0.1) is 7.11 Å². The molecule has 0 unspecified atom stereocenters. The lowest BCUT2D eigenvalue weighted by Gasteiger charge is -2.29. The molecule has 140 valence electrons. The van der Waals surface area contributed by atoms with Crippen LogP contribution in [-0.4, -0.2) is 13.1 Å². The molecule has 0 aromatic heterocycles. The Bertz CT molecular complexity index is 770. The molecule has 3 heteroatoms. The second kappa shape index (κ2) is 7.14. The van der Waals surface area contributed by atoms with Crippen LogP contribution in [0.1, 0.15) is 68.6 Å². The minimum absolute atomic E-state index is 0.150. The highest BCUT2D eigenvalue weighted by Gasteiger charge is 2.29. The Labute approximate surface area is 157 Å². The highest BCUT2D eigenvalue weighted by atomic mass is 16.5. The Kier molecular flexibility index (Phi) is 5.50. The monoisotopic (exact) mass is 354 g/mol. The van der Waals surface area contributed by atoms with Crippen molar-refractivity contribution in [2.24, 2.45) is 0 Å². The van der Waals surface area contributed by atoms with Crippen molar-refractivity contribution in [3.63, 3.8) is 0 Å². The smallest absolute Gasteiger partial charge is 0.347 e. The van der Waals surface area contributed by atoms with E-state index in [0.717, 1.165) is 16.7 Å². The molecule has 0 atom stereocenters. The van der Waals surface area contributed by atoms with E-state index in [1.165, 1.54) is 0 Å². The second-order valence-corrected chi connectivity index (χ2v) is 8.78. The van der Waals surface area contributed by atoms with E-state index in [0.29, 0.717) is 17.1 Å². The van der Waals surface area contributed by atoms with Gasteiger partial charge in [-0.25, -0.2) is 4.79 Å². The molecule has 0 saturated heterocycles. The third-order valence-corrected chi connectivity index (χ3v) is 4.37. The van der Waals surface area contributed by atoms with E-state index in [1.807, 2.05) is 12.1 Å². The van der Waals surface area contributed by atoms with Crippen molar-refractivity contribution in [2.45, 2.75) is 59.3 Å². The van der Waals surface area contributed by atoms with Gasteiger partial charge in [0.1, 0.15) is 17.1 Å². The minimum Gasteiger partial charge on any atom is -0.496 e. The van der Waals surface area contributed by atoms with Crippen LogP contribution in [0.4, 0.5) is 0 Å². The third-order valence-electron chi connectivity index (χ3n) is 4.37. The Balaban J connectivity index is 2.62. The van der Waals surface area contributed by atoms with Crippen molar-refractivity contribution in [1.82, 2.24) is 0 Å². The minimum atomic E-state index is -0.401. The topological polar surface area (TPSA) is 35.5 Å². The van der Waals surface area contributed by atoms with E-state index in [2.05, 4.69) is 60.6 Å².